The Morgan fingerprint density at radius 1 is 1.07 bits per heavy atom. The molecule has 0 saturated heterocycles. The predicted molar refractivity (Wildman–Crippen MR) is 49.2 cm³/mol. The van der Waals surface area contributed by atoms with E-state index >= 15 is 0 Å². The van der Waals surface area contributed by atoms with Gasteiger partial charge in [0.1, 0.15) is 0 Å². The summed E-state index contributed by atoms with van der Waals surface area (Å²) in [6.07, 6.45) is 1.13. The Morgan fingerprint density at radius 3 is 1.79 bits per heavy atom. The molecule has 0 saturated carbocycles. The van der Waals surface area contributed by atoms with E-state index in [1.54, 1.807) is 0 Å². The molecular weight excluding hydrogens is 212 g/mol. The highest BCUT2D eigenvalue weighted by atomic mass is 32.2. The van der Waals surface area contributed by atoms with Crippen molar-refractivity contribution in [2.75, 3.05) is 34.2 Å². The summed E-state index contributed by atoms with van der Waals surface area (Å²) in [6.45, 7) is -0.0612. The zero-order valence-corrected chi connectivity index (χ0v) is 9.59. The van der Waals surface area contributed by atoms with Crippen molar-refractivity contribution < 1.29 is 26.8 Å². The molecule has 0 rings (SSSR count). The Hall–Kier alpha value is -0.210. The first-order chi connectivity index (χ1) is 6.39. The minimum atomic E-state index is -3.44. The second-order valence-electron chi connectivity index (χ2n) is 2.57. The molecule has 0 aliphatic rings. The van der Waals surface area contributed by atoms with Crippen molar-refractivity contribution in [1.29, 1.82) is 0 Å². The minimum absolute atomic E-state index is 0.0612. The smallest absolute Gasteiger partial charge is 0.284 e. The largest absolute Gasteiger partial charge is 0.331 e. The molecule has 86 valence electrons. The summed E-state index contributed by atoms with van der Waals surface area (Å²) in [5.41, 5.74) is 0. The molecule has 14 heavy (non-hydrogen) atoms. The van der Waals surface area contributed by atoms with Gasteiger partial charge < -0.3 is 14.2 Å². The van der Waals surface area contributed by atoms with E-state index in [1.165, 1.54) is 21.3 Å². The SMILES string of the molecule is COC(CCOS(C)(=O)=O)(OC)OC. The van der Waals surface area contributed by atoms with Crippen molar-refractivity contribution in [3.05, 3.63) is 0 Å². The Morgan fingerprint density at radius 2 is 1.50 bits per heavy atom. The average Bonchev–Trinajstić information content (AvgIpc) is 2.11. The first-order valence-corrected chi connectivity index (χ1v) is 5.70. The molecule has 0 atom stereocenters. The normalized spacial score (nSPS) is 13.1. The van der Waals surface area contributed by atoms with Crippen molar-refractivity contribution in [3.8, 4) is 0 Å². The lowest BCUT2D eigenvalue weighted by atomic mass is 10.4. The summed E-state index contributed by atoms with van der Waals surface area (Å²) in [7, 11) is 0.751. The molecule has 0 aromatic heterocycles. The molecule has 0 heterocycles. The maximum absolute atomic E-state index is 10.6. The molecule has 0 aliphatic carbocycles. The van der Waals surface area contributed by atoms with Crippen LogP contribution in [-0.4, -0.2) is 48.6 Å². The van der Waals surface area contributed by atoms with Crippen molar-refractivity contribution in [2.45, 2.75) is 12.4 Å². The number of rotatable bonds is 7. The third-order valence-corrected chi connectivity index (χ3v) is 2.23. The Labute approximate surface area is 84.2 Å². The topological polar surface area (TPSA) is 71.1 Å². The van der Waals surface area contributed by atoms with Crippen LogP contribution in [0.5, 0.6) is 0 Å². The van der Waals surface area contributed by atoms with E-state index in [2.05, 4.69) is 4.18 Å². The van der Waals surface area contributed by atoms with Gasteiger partial charge in [0.05, 0.1) is 19.3 Å². The van der Waals surface area contributed by atoms with Gasteiger partial charge in [0, 0.05) is 21.3 Å². The lowest BCUT2D eigenvalue weighted by Crippen LogP contribution is -2.37. The van der Waals surface area contributed by atoms with Gasteiger partial charge in [0.2, 0.25) is 0 Å². The third kappa shape index (κ3) is 4.87. The second kappa shape index (κ2) is 5.62. The van der Waals surface area contributed by atoms with Crippen LogP contribution >= 0.6 is 0 Å². The maximum atomic E-state index is 10.6. The fourth-order valence-corrected chi connectivity index (χ4v) is 1.26. The highest BCUT2D eigenvalue weighted by molar-refractivity contribution is 7.85. The summed E-state index contributed by atoms with van der Waals surface area (Å²) >= 11 is 0. The van der Waals surface area contributed by atoms with E-state index in [9.17, 15) is 8.42 Å². The summed E-state index contributed by atoms with van der Waals surface area (Å²) in [6, 6.07) is 0. The van der Waals surface area contributed by atoms with Gasteiger partial charge in [-0.3, -0.25) is 4.18 Å². The van der Waals surface area contributed by atoms with Crippen LogP contribution in [0.15, 0.2) is 0 Å². The van der Waals surface area contributed by atoms with E-state index in [0.717, 1.165) is 6.26 Å². The predicted octanol–water partition coefficient (Wildman–Crippen LogP) is -0.0543. The monoisotopic (exact) mass is 228 g/mol. The fourth-order valence-electron chi connectivity index (χ4n) is 0.874. The van der Waals surface area contributed by atoms with Gasteiger partial charge in [-0.2, -0.15) is 8.42 Å². The van der Waals surface area contributed by atoms with E-state index in [-0.39, 0.29) is 13.0 Å². The summed E-state index contributed by atoms with van der Waals surface area (Å²) < 4.78 is 40.6. The zero-order valence-electron chi connectivity index (χ0n) is 8.77. The standard InChI is InChI=1S/C7H16O6S/c1-10-7(11-2,12-3)5-6-13-14(4,8)9/h5-6H2,1-4H3. The third-order valence-electron chi connectivity index (χ3n) is 1.64. The minimum Gasteiger partial charge on any atom is -0.331 e. The fraction of sp³-hybridized carbons (Fsp3) is 1.00. The van der Waals surface area contributed by atoms with E-state index in [1.807, 2.05) is 0 Å². The molecule has 0 amide bonds. The molecular formula is C7H16O6S. The molecule has 0 N–H and O–H groups in total. The molecule has 0 aromatic rings. The van der Waals surface area contributed by atoms with E-state index < -0.39 is 16.1 Å². The molecule has 0 spiro atoms. The Bertz CT molecular complexity index is 235. The van der Waals surface area contributed by atoms with Crippen LogP contribution in [0, 0.1) is 0 Å². The van der Waals surface area contributed by atoms with Gasteiger partial charge in [-0.25, -0.2) is 0 Å². The van der Waals surface area contributed by atoms with Crippen LogP contribution in [-0.2, 0) is 28.5 Å². The highest BCUT2D eigenvalue weighted by Crippen LogP contribution is 2.17. The van der Waals surface area contributed by atoms with Crippen LogP contribution in [0.1, 0.15) is 6.42 Å². The lowest BCUT2D eigenvalue weighted by Gasteiger charge is -2.28. The molecule has 0 fully saturated rings. The zero-order chi connectivity index (χ0) is 11.2. The lowest BCUT2D eigenvalue weighted by molar-refractivity contribution is -0.356. The summed E-state index contributed by atoms with van der Waals surface area (Å²) in [5.74, 6) is -1.25. The van der Waals surface area contributed by atoms with Crippen LogP contribution in [0.3, 0.4) is 0 Å². The first-order valence-electron chi connectivity index (χ1n) is 3.89. The number of hydrogen-bond acceptors (Lipinski definition) is 6. The van der Waals surface area contributed by atoms with Crippen LogP contribution in [0.4, 0.5) is 0 Å². The Kier molecular flexibility index (Phi) is 5.53. The molecule has 0 bridgehead atoms. The van der Waals surface area contributed by atoms with Gasteiger partial charge >= 0.3 is 0 Å². The molecule has 0 aliphatic heterocycles. The summed E-state index contributed by atoms with van der Waals surface area (Å²) in [4.78, 5) is 0. The highest BCUT2D eigenvalue weighted by Gasteiger charge is 2.29. The quantitative estimate of drug-likeness (QED) is 0.449. The van der Waals surface area contributed by atoms with Crippen molar-refractivity contribution in [3.63, 3.8) is 0 Å². The van der Waals surface area contributed by atoms with Crippen LogP contribution in [0.25, 0.3) is 0 Å². The van der Waals surface area contributed by atoms with Gasteiger partial charge in [-0.05, 0) is 0 Å². The molecule has 0 radical (unpaired) electrons. The van der Waals surface area contributed by atoms with Crippen LogP contribution in [0.2, 0.25) is 0 Å². The van der Waals surface area contributed by atoms with Crippen molar-refractivity contribution in [2.24, 2.45) is 0 Å². The second-order valence-corrected chi connectivity index (χ2v) is 4.22. The van der Waals surface area contributed by atoms with Gasteiger partial charge in [0.15, 0.2) is 0 Å². The average molecular weight is 228 g/mol. The van der Waals surface area contributed by atoms with Gasteiger partial charge in [0.25, 0.3) is 16.1 Å². The maximum Gasteiger partial charge on any atom is 0.284 e. The Balaban J connectivity index is 4.08. The van der Waals surface area contributed by atoms with Crippen molar-refractivity contribution >= 4 is 10.1 Å². The molecule has 0 aromatic carbocycles. The van der Waals surface area contributed by atoms with E-state index in [4.69, 9.17) is 14.2 Å². The molecule has 7 heteroatoms. The van der Waals surface area contributed by atoms with Gasteiger partial charge in [-0.15, -0.1) is 0 Å². The van der Waals surface area contributed by atoms with Gasteiger partial charge in [-0.1, -0.05) is 0 Å². The number of methoxy groups -OCH3 is 3. The van der Waals surface area contributed by atoms with E-state index in [0.29, 0.717) is 0 Å². The first kappa shape index (κ1) is 13.8. The summed E-state index contributed by atoms with van der Waals surface area (Å²) in [5, 5.41) is 0. The number of ether oxygens (including phenoxy) is 3. The van der Waals surface area contributed by atoms with Crippen molar-refractivity contribution in [1.82, 2.24) is 0 Å². The number of hydrogen-bond donors (Lipinski definition) is 0. The molecule has 6 nitrogen and oxygen atoms in total. The molecule has 0 unspecified atom stereocenters. The van der Waals surface area contributed by atoms with Crippen LogP contribution < -0.4 is 0 Å².